The van der Waals surface area contributed by atoms with Crippen LogP contribution in [0, 0.1) is 6.92 Å². The molecule has 1 aromatic carbocycles. The van der Waals surface area contributed by atoms with Gasteiger partial charge in [-0.25, -0.2) is 4.99 Å². The maximum atomic E-state index is 5.39. The van der Waals surface area contributed by atoms with Crippen molar-refractivity contribution in [1.29, 1.82) is 0 Å². The van der Waals surface area contributed by atoms with Crippen LogP contribution in [0.3, 0.4) is 0 Å². The van der Waals surface area contributed by atoms with E-state index in [0.29, 0.717) is 5.95 Å². The number of rotatable bonds is 2. The molecule has 0 radical (unpaired) electrons. The van der Waals surface area contributed by atoms with Crippen LogP contribution >= 0.6 is 0 Å². The van der Waals surface area contributed by atoms with Gasteiger partial charge >= 0.3 is 5.95 Å². The van der Waals surface area contributed by atoms with E-state index in [1.54, 1.807) is 0 Å². The maximum Gasteiger partial charge on any atom is 0.354 e. The second-order valence-electron chi connectivity index (χ2n) is 3.95. The molecule has 0 aliphatic carbocycles. The molecule has 0 aliphatic heterocycles. The summed E-state index contributed by atoms with van der Waals surface area (Å²) in [7, 11) is 0. The van der Waals surface area contributed by atoms with Crippen molar-refractivity contribution in [2.45, 2.75) is 20.3 Å². The molecule has 0 unspecified atom stereocenters. The standard InChI is InChI=1S/C12H15N5/c1-3-9-8-6-7(2)4-5-10(8)16-12(15-9)17-11(13)14/h4-6H,3H2,1-2H3,(H4,13,14,15,16,17)/p+1. The maximum absolute atomic E-state index is 5.39. The van der Waals surface area contributed by atoms with Crippen molar-refractivity contribution in [3.05, 3.63) is 29.5 Å². The summed E-state index contributed by atoms with van der Waals surface area (Å²) in [5.74, 6) is 0.539. The first-order valence-corrected chi connectivity index (χ1v) is 5.52. The van der Waals surface area contributed by atoms with Gasteiger partial charge < -0.3 is 11.5 Å². The van der Waals surface area contributed by atoms with E-state index < -0.39 is 0 Å². The molecule has 0 aliphatic rings. The molecular weight excluding hydrogens is 214 g/mol. The molecule has 0 atom stereocenters. The Balaban J connectivity index is 2.70. The molecule has 5 N–H and O–H groups in total. The zero-order valence-electron chi connectivity index (χ0n) is 9.99. The summed E-state index contributed by atoms with van der Waals surface area (Å²) in [5.41, 5.74) is 13.9. The van der Waals surface area contributed by atoms with Crippen molar-refractivity contribution in [1.82, 2.24) is 9.97 Å². The number of nitrogens with zero attached hydrogens (tertiary/aromatic N) is 2. The van der Waals surface area contributed by atoms with E-state index in [1.807, 2.05) is 12.1 Å². The molecule has 0 saturated heterocycles. The highest BCUT2D eigenvalue weighted by Crippen LogP contribution is 2.18. The lowest BCUT2D eigenvalue weighted by atomic mass is 10.1. The third-order valence-electron chi connectivity index (χ3n) is 2.52. The first-order chi connectivity index (χ1) is 8.10. The molecule has 0 saturated carbocycles. The third kappa shape index (κ3) is 2.33. The molecule has 1 aromatic heterocycles. The van der Waals surface area contributed by atoms with Crippen LogP contribution in [0.1, 0.15) is 18.2 Å². The Kier molecular flexibility index (Phi) is 2.91. The van der Waals surface area contributed by atoms with Crippen LogP contribution in [0.5, 0.6) is 0 Å². The average Bonchev–Trinajstić information content (AvgIpc) is 2.27. The second kappa shape index (κ2) is 4.37. The highest BCUT2D eigenvalue weighted by atomic mass is 15.1. The lowest BCUT2D eigenvalue weighted by Crippen LogP contribution is -2.73. The summed E-state index contributed by atoms with van der Waals surface area (Å²) in [5, 5.41) is 1.08. The van der Waals surface area contributed by atoms with E-state index in [0.717, 1.165) is 23.0 Å². The number of hydrogen-bond donors (Lipinski definition) is 3. The summed E-state index contributed by atoms with van der Waals surface area (Å²) in [6.07, 6.45) is 0.835. The number of nitrogens with two attached hydrogens (primary N) is 2. The number of benzene rings is 1. The minimum absolute atomic E-state index is 0.0958. The predicted molar refractivity (Wildman–Crippen MR) is 67.7 cm³/mol. The topological polar surface area (TPSA) is 91.8 Å². The summed E-state index contributed by atoms with van der Waals surface area (Å²) in [6.45, 7) is 4.11. The number of nitrogens with one attached hydrogen (secondary N) is 1. The van der Waals surface area contributed by atoms with Gasteiger partial charge in [-0.05, 0) is 25.5 Å². The number of aryl methyl sites for hydroxylation is 2. The Bertz CT molecular complexity index is 585. The van der Waals surface area contributed by atoms with E-state index in [9.17, 15) is 0 Å². The molecule has 0 amide bonds. The lowest BCUT2D eigenvalue weighted by Gasteiger charge is -2.01. The van der Waals surface area contributed by atoms with E-state index in [4.69, 9.17) is 11.5 Å². The zero-order valence-corrected chi connectivity index (χ0v) is 9.99. The molecule has 17 heavy (non-hydrogen) atoms. The van der Waals surface area contributed by atoms with Gasteiger partial charge in [-0.2, -0.15) is 0 Å². The molecular formula is C12H16N5+. The third-order valence-corrected chi connectivity index (χ3v) is 2.52. The molecule has 2 aromatic rings. The van der Waals surface area contributed by atoms with Gasteiger partial charge in [0.1, 0.15) is 5.52 Å². The Labute approximate surface area is 99.6 Å². The van der Waals surface area contributed by atoms with Gasteiger partial charge in [-0.1, -0.05) is 18.6 Å². The average molecular weight is 230 g/mol. The lowest BCUT2D eigenvalue weighted by molar-refractivity contribution is -0.366. The fourth-order valence-corrected chi connectivity index (χ4v) is 1.76. The van der Waals surface area contributed by atoms with Crippen LogP contribution in [0.4, 0.5) is 5.95 Å². The minimum Gasteiger partial charge on any atom is -0.323 e. The monoisotopic (exact) mass is 230 g/mol. The molecule has 0 bridgehead atoms. The van der Waals surface area contributed by atoms with Crippen LogP contribution in [0.15, 0.2) is 18.2 Å². The number of aromatic nitrogens is 2. The van der Waals surface area contributed by atoms with Crippen LogP contribution in [-0.2, 0) is 6.42 Å². The van der Waals surface area contributed by atoms with Crippen molar-refractivity contribution < 1.29 is 4.99 Å². The first kappa shape index (κ1) is 11.3. The van der Waals surface area contributed by atoms with Crippen molar-refractivity contribution in [3.63, 3.8) is 0 Å². The smallest absolute Gasteiger partial charge is 0.323 e. The largest absolute Gasteiger partial charge is 0.354 e. The number of fused-ring (bicyclic) bond motifs is 1. The van der Waals surface area contributed by atoms with E-state index in [1.165, 1.54) is 5.56 Å². The van der Waals surface area contributed by atoms with Crippen molar-refractivity contribution in [2.75, 3.05) is 0 Å². The first-order valence-electron chi connectivity index (χ1n) is 5.52. The van der Waals surface area contributed by atoms with Gasteiger partial charge in [-0.3, -0.25) is 0 Å². The molecule has 2 rings (SSSR count). The van der Waals surface area contributed by atoms with Gasteiger partial charge in [0.2, 0.25) is 0 Å². The van der Waals surface area contributed by atoms with E-state index in [2.05, 4.69) is 34.9 Å². The van der Waals surface area contributed by atoms with Crippen LogP contribution in [0.2, 0.25) is 0 Å². The fourth-order valence-electron chi connectivity index (χ4n) is 1.76. The fraction of sp³-hybridized carbons (Fsp3) is 0.250. The van der Waals surface area contributed by atoms with Gasteiger partial charge in [0, 0.05) is 5.39 Å². The van der Waals surface area contributed by atoms with Gasteiger partial charge in [0.15, 0.2) is 0 Å². The molecule has 0 spiro atoms. The second-order valence-corrected chi connectivity index (χ2v) is 3.95. The Hall–Kier alpha value is -2.17. The molecule has 1 heterocycles. The Morgan fingerprint density at radius 1 is 1.29 bits per heavy atom. The summed E-state index contributed by atoms with van der Waals surface area (Å²) < 4.78 is 0. The quantitative estimate of drug-likeness (QED) is 0.478. The Morgan fingerprint density at radius 2 is 2.06 bits per heavy atom. The van der Waals surface area contributed by atoms with Crippen molar-refractivity contribution in [2.24, 2.45) is 11.5 Å². The van der Waals surface area contributed by atoms with Crippen molar-refractivity contribution >= 4 is 22.8 Å². The summed E-state index contributed by atoms with van der Waals surface area (Å²) >= 11 is 0. The highest BCUT2D eigenvalue weighted by Gasteiger charge is 2.10. The normalized spacial score (nSPS) is 10.5. The van der Waals surface area contributed by atoms with E-state index >= 15 is 0 Å². The molecule has 5 nitrogen and oxygen atoms in total. The van der Waals surface area contributed by atoms with Crippen LogP contribution in [0.25, 0.3) is 10.9 Å². The van der Waals surface area contributed by atoms with Crippen LogP contribution in [-0.4, -0.2) is 15.9 Å². The van der Waals surface area contributed by atoms with Crippen molar-refractivity contribution in [3.8, 4) is 0 Å². The van der Waals surface area contributed by atoms with Gasteiger partial charge in [-0.15, -0.1) is 9.97 Å². The van der Waals surface area contributed by atoms with Gasteiger partial charge in [0.25, 0.3) is 5.96 Å². The minimum atomic E-state index is 0.0958. The van der Waals surface area contributed by atoms with Crippen LogP contribution < -0.4 is 16.5 Å². The zero-order chi connectivity index (χ0) is 12.4. The van der Waals surface area contributed by atoms with Gasteiger partial charge in [0.05, 0.1) is 5.69 Å². The summed E-state index contributed by atoms with van der Waals surface area (Å²) in [6, 6.07) is 6.09. The molecule has 5 heteroatoms. The predicted octanol–water partition coefficient (Wildman–Crippen LogP) is -0.514. The Morgan fingerprint density at radius 3 is 2.71 bits per heavy atom. The number of guanidine groups is 1. The molecule has 88 valence electrons. The highest BCUT2D eigenvalue weighted by molar-refractivity contribution is 5.82. The number of hydrogen-bond acceptors (Lipinski definition) is 2. The SMILES string of the molecule is CCc1nc([NH+]=C(N)N)nc2ccc(C)cc12. The molecule has 0 fully saturated rings. The van der Waals surface area contributed by atoms with E-state index in [-0.39, 0.29) is 5.96 Å². The summed E-state index contributed by atoms with van der Waals surface area (Å²) in [4.78, 5) is 11.5.